The first-order chi connectivity index (χ1) is 8.70. The Labute approximate surface area is 115 Å². The molecule has 1 aromatic heterocycles. The number of rotatable bonds is 5. The van der Waals surface area contributed by atoms with Gasteiger partial charge in [-0.2, -0.15) is 0 Å². The molecule has 18 heavy (non-hydrogen) atoms. The molecule has 0 aromatic carbocycles. The zero-order valence-electron chi connectivity index (χ0n) is 11.8. The Morgan fingerprint density at radius 1 is 1.39 bits per heavy atom. The molecule has 1 saturated heterocycles. The fourth-order valence-electron chi connectivity index (χ4n) is 2.52. The Balaban J connectivity index is 1.95. The van der Waals surface area contributed by atoms with E-state index in [1.165, 1.54) is 35.1 Å². The molecule has 1 atom stereocenters. The topological polar surface area (TPSA) is 28.2 Å². The van der Waals surface area contributed by atoms with Crippen molar-refractivity contribution < 1.29 is 0 Å². The van der Waals surface area contributed by atoms with Gasteiger partial charge in [-0.25, -0.2) is 4.98 Å². The molecule has 1 aliphatic heterocycles. The van der Waals surface area contributed by atoms with Gasteiger partial charge in [-0.15, -0.1) is 11.3 Å². The number of nitrogens with one attached hydrogen (secondary N) is 1. The van der Waals surface area contributed by atoms with E-state index in [4.69, 9.17) is 0 Å². The standard InChI is InChI=1S/C14H25N3S/c1-4-5-14-16-12(3)13(18-14)10-11(2)17-8-6-15-7-9-17/h11,15H,4-10H2,1-3H3. The van der Waals surface area contributed by atoms with E-state index < -0.39 is 0 Å². The van der Waals surface area contributed by atoms with E-state index in [-0.39, 0.29) is 0 Å². The van der Waals surface area contributed by atoms with Gasteiger partial charge in [0.05, 0.1) is 10.7 Å². The van der Waals surface area contributed by atoms with Crippen molar-refractivity contribution in [2.75, 3.05) is 26.2 Å². The Bertz CT molecular complexity index is 369. The van der Waals surface area contributed by atoms with Crippen molar-refractivity contribution in [1.82, 2.24) is 15.2 Å². The SMILES string of the molecule is CCCc1nc(C)c(CC(C)N2CCNCC2)s1. The van der Waals surface area contributed by atoms with Crippen LogP contribution in [0.5, 0.6) is 0 Å². The smallest absolute Gasteiger partial charge is 0.0930 e. The predicted molar refractivity (Wildman–Crippen MR) is 78.5 cm³/mol. The second kappa shape index (κ2) is 6.64. The van der Waals surface area contributed by atoms with Crippen molar-refractivity contribution >= 4 is 11.3 Å². The second-order valence-electron chi connectivity index (χ2n) is 5.21. The van der Waals surface area contributed by atoms with Gasteiger partial charge >= 0.3 is 0 Å². The average molecular weight is 267 g/mol. The van der Waals surface area contributed by atoms with Crippen LogP contribution in [0.25, 0.3) is 0 Å². The van der Waals surface area contributed by atoms with E-state index in [0.717, 1.165) is 25.9 Å². The van der Waals surface area contributed by atoms with Crippen LogP contribution in [-0.4, -0.2) is 42.1 Å². The molecule has 1 aromatic rings. The molecule has 0 amide bonds. The zero-order valence-corrected chi connectivity index (χ0v) is 12.6. The Morgan fingerprint density at radius 2 is 2.11 bits per heavy atom. The Kier molecular flexibility index (Phi) is 5.15. The van der Waals surface area contributed by atoms with Gasteiger partial charge in [0.2, 0.25) is 0 Å². The van der Waals surface area contributed by atoms with E-state index in [1.807, 2.05) is 11.3 Å². The summed E-state index contributed by atoms with van der Waals surface area (Å²) in [6.07, 6.45) is 3.49. The summed E-state index contributed by atoms with van der Waals surface area (Å²) in [7, 11) is 0. The summed E-state index contributed by atoms with van der Waals surface area (Å²) in [5, 5.41) is 4.73. The van der Waals surface area contributed by atoms with Crippen molar-refractivity contribution in [3.05, 3.63) is 15.6 Å². The molecule has 1 fully saturated rings. The summed E-state index contributed by atoms with van der Waals surface area (Å²) >= 11 is 1.92. The van der Waals surface area contributed by atoms with Crippen LogP contribution in [0.1, 0.15) is 35.8 Å². The highest BCUT2D eigenvalue weighted by Gasteiger charge is 2.18. The molecule has 3 nitrogen and oxygen atoms in total. The number of nitrogens with zero attached hydrogens (tertiary/aromatic N) is 2. The second-order valence-corrected chi connectivity index (χ2v) is 6.37. The van der Waals surface area contributed by atoms with Crippen molar-refractivity contribution in [1.29, 1.82) is 0 Å². The molecule has 4 heteroatoms. The van der Waals surface area contributed by atoms with Crippen LogP contribution in [0.15, 0.2) is 0 Å². The summed E-state index contributed by atoms with van der Waals surface area (Å²) < 4.78 is 0. The summed E-state index contributed by atoms with van der Waals surface area (Å²) in [4.78, 5) is 8.77. The predicted octanol–water partition coefficient (Wildman–Crippen LogP) is 2.24. The number of hydrogen-bond acceptors (Lipinski definition) is 4. The van der Waals surface area contributed by atoms with Crippen LogP contribution in [-0.2, 0) is 12.8 Å². The first-order valence-electron chi connectivity index (χ1n) is 7.10. The van der Waals surface area contributed by atoms with E-state index in [9.17, 15) is 0 Å². The Morgan fingerprint density at radius 3 is 2.78 bits per heavy atom. The lowest BCUT2D eigenvalue weighted by Gasteiger charge is -2.32. The molecule has 102 valence electrons. The minimum absolute atomic E-state index is 0.640. The Hall–Kier alpha value is -0.450. The van der Waals surface area contributed by atoms with E-state index in [0.29, 0.717) is 6.04 Å². The van der Waals surface area contributed by atoms with Crippen molar-refractivity contribution in [2.45, 2.75) is 46.1 Å². The molecule has 0 bridgehead atoms. The van der Waals surface area contributed by atoms with E-state index in [1.54, 1.807) is 0 Å². The minimum Gasteiger partial charge on any atom is -0.314 e. The third-order valence-electron chi connectivity index (χ3n) is 3.66. The molecule has 2 rings (SSSR count). The maximum Gasteiger partial charge on any atom is 0.0930 e. The summed E-state index contributed by atoms with van der Waals surface area (Å²) in [5.74, 6) is 0. The highest BCUT2D eigenvalue weighted by molar-refractivity contribution is 7.11. The number of thiazole rings is 1. The van der Waals surface area contributed by atoms with E-state index in [2.05, 4.69) is 36.0 Å². The molecular weight excluding hydrogens is 242 g/mol. The highest BCUT2D eigenvalue weighted by Crippen LogP contribution is 2.22. The lowest BCUT2D eigenvalue weighted by Crippen LogP contribution is -2.48. The third-order valence-corrected chi connectivity index (χ3v) is 4.90. The number of piperazine rings is 1. The molecule has 0 radical (unpaired) electrons. The number of aryl methyl sites for hydroxylation is 2. The van der Waals surface area contributed by atoms with Gasteiger partial charge < -0.3 is 5.32 Å². The van der Waals surface area contributed by atoms with Crippen molar-refractivity contribution in [3.8, 4) is 0 Å². The summed E-state index contributed by atoms with van der Waals surface area (Å²) in [6.45, 7) is 11.4. The fourth-order valence-corrected chi connectivity index (χ4v) is 3.81. The van der Waals surface area contributed by atoms with Gasteiger partial charge in [0.1, 0.15) is 0 Å². The third kappa shape index (κ3) is 3.53. The molecular formula is C14H25N3S. The first kappa shape index (κ1) is 14.0. The number of aromatic nitrogens is 1. The van der Waals surface area contributed by atoms with Gasteiger partial charge in [-0.05, 0) is 33.1 Å². The maximum atomic E-state index is 4.69. The van der Waals surface area contributed by atoms with Gasteiger partial charge in [-0.1, -0.05) is 6.92 Å². The van der Waals surface area contributed by atoms with Gasteiger partial charge in [-0.3, -0.25) is 4.90 Å². The maximum absolute atomic E-state index is 4.69. The van der Waals surface area contributed by atoms with Crippen LogP contribution in [0, 0.1) is 6.92 Å². The largest absolute Gasteiger partial charge is 0.314 e. The quantitative estimate of drug-likeness (QED) is 0.887. The highest BCUT2D eigenvalue weighted by atomic mass is 32.1. The van der Waals surface area contributed by atoms with Gasteiger partial charge in [0.25, 0.3) is 0 Å². The van der Waals surface area contributed by atoms with Crippen LogP contribution in [0.4, 0.5) is 0 Å². The molecule has 0 saturated carbocycles. The zero-order chi connectivity index (χ0) is 13.0. The van der Waals surface area contributed by atoms with Crippen molar-refractivity contribution in [2.24, 2.45) is 0 Å². The molecule has 1 aliphatic rings. The molecule has 1 N–H and O–H groups in total. The van der Waals surface area contributed by atoms with Crippen LogP contribution in [0.2, 0.25) is 0 Å². The van der Waals surface area contributed by atoms with Crippen LogP contribution < -0.4 is 5.32 Å². The van der Waals surface area contributed by atoms with Gasteiger partial charge in [0, 0.05) is 37.1 Å². The summed E-state index contributed by atoms with van der Waals surface area (Å²) in [5.41, 5.74) is 1.26. The average Bonchev–Trinajstić information content (AvgIpc) is 2.71. The van der Waals surface area contributed by atoms with Crippen LogP contribution in [0.3, 0.4) is 0 Å². The monoisotopic (exact) mass is 267 g/mol. The van der Waals surface area contributed by atoms with E-state index >= 15 is 0 Å². The van der Waals surface area contributed by atoms with Gasteiger partial charge in [0.15, 0.2) is 0 Å². The minimum atomic E-state index is 0.640. The number of hydrogen-bond donors (Lipinski definition) is 1. The fraction of sp³-hybridized carbons (Fsp3) is 0.786. The summed E-state index contributed by atoms with van der Waals surface area (Å²) in [6, 6.07) is 0.640. The molecule has 2 heterocycles. The van der Waals surface area contributed by atoms with Crippen LogP contribution >= 0.6 is 11.3 Å². The lowest BCUT2D eigenvalue weighted by atomic mass is 10.1. The van der Waals surface area contributed by atoms with Crippen molar-refractivity contribution in [3.63, 3.8) is 0 Å². The molecule has 0 aliphatic carbocycles. The molecule has 0 spiro atoms. The lowest BCUT2D eigenvalue weighted by molar-refractivity contribution is 0.184. The first-order valence-corrected chi connectivity index (χ1v) is 7.92. The normalized spacial score (nSPS) is 19.1. The molecule has 1 unspecified atom stereocenters.